The molecule has 0 aliphatic carbocycles. The van der Waals surface area contributed by atoms with Crippen LogP contribution < -0.4 is 4.74 Å². The van der Waals surface area contributed by atoms with Crippen molar-refractivity contribution >= 4 is 10.2 Å². The van der Waals surface area contributed by atoms with Crippen LogP contribution in [0, 0.1) is 0 Å². The Morgan fingerprint density at radius 1 is 1.24 bits per heavy atom. The number of ether oxygens (including phenoxy) is 1. The van der Waals surface area contributed by atoms with Crippen LogP contribution in [0.4, 0.5) is 0 Å². The van der Waals surface area contributed by atoms with Crippen LogP contribution in [-0.4, -0.2) is 53.4 Å². The molecule has 1 fully saturated rings. The van der Waals surface area contributed by atoms with E-state index in [1.165, 1.54) is 9.87 Å². The highest BCUT2D eigenvalue weighted by atomic mass is 32.2. The lowest BCUT2D eigenvalue weighted by atomic mass is 10.0. The topological polar surface area (TPSA) is 78.5 Å². The molecule has 3 rings (SSSR count). The summed E-state index contributed by atoms with van der Waals surface area (Å²) in [6.45, 7) is 10.5. The summed E-state index contributed by atoms with van der Waals surface area (Å²) >= 11 is 0. The van der Waals surface area contributed by atoms with Gasteiger partial charge in [-0.1, -0.05) is 39.8 Å². The second-order valence-corrected chi connectivity index (χ2v) is 9.69. The first-order valence-electron chi connectivity index (χ1n) is 10.4. The number of aromatic amines is 1. The van der Waals surface area contributed by atoms with Crippen LogP contribution in [-0.2, 0) is 16.8 Å². The van der Waals surface area contributed by atoms with E-state index in [2.05, 4.69) is 36.2 Å². The number of aromatic nitrogens is 2. The highest BCUT2D eigenvalue weighted by Crippen LogP contribution is 2.29. The summed E-state index contributed by atoms with van der Waals surface area (Å²) in [7, 11) is -3.39. The van der Waals surface area contributed by atoms with E-state index in [-0.39, 0.29) is 5.92 Å². The van der Waals surface area contributed by atoms with Gasteiger partial charge in [0.25, 0.3) is 10.2 Å². The standard InChI is InChI=1S/C21H32N4O3S/c1-5-24(6-2)29(26,27)25-12-11-18(14-25)21-13-19(22-23-21)15-28-20-9-7-17(8-10-20)16(3)4/h7-10,13,16,18H,5-6,11-12,14-15H2,1-4H3,(H,22,23)/t18-/m0/s1. The Hall–Kier alpha value is -1.90. The Labute approximate surface area is 174 Å². The van der Waals surface area contributed by atoms with Gasteiger partial charge in [-0.2, -0.15) is 22.1 Å². The van der Waals surface area contributed by atoms with Gasteiger partial charge >= 0.3 is 0 Å². The van der Waals surface area contributed by atoms with Crippen molar-refractivity contribution in [3.63, 3.8) is 0 Å². The zero-order chi connectivity index (χ0) is 21.0. The summed E-state index contributed by atoms with van der Waals surface area (Å²) in [5, 5.41) is 7.44. The smallest absolute Gasteiger partial charge is 0.281 e. The minimum absolute atomic E-state index is 0.107. The highest BCUT2D eigenvalue weighted by molar-refractivity contribution is 7.86. The average Bonchev–Trinajstić information content (AvgIpc) is 3.37. The largest absolute Gasteiger partial charge is 0.487 e. The zero-order valence-corrected chi connectivity index (χ0v) is 18.6. The van der Waals surface area contributed by atoms with Crippen molar-refractivity contribution < 1.29 is 13.2 Å². The molecule has 0 spiro atoms. The molecular formula is C21H32N4O3S. The van der Waals surface area contributed by atoms with Crippen molar-refractivity contribution in [3.8, 4) is 5.75 Å². The van der Waals surface area contributed by atoms with E-state index in [1.807, 2.05) is 32.0 Å². The van der Waals surface area contributed by atoms with E-state index in [9.17, 15) is 8.42 Å². The molecule has 1 aromatic heterocycles. The van der Waals surface area contributed by atoms with E-state index in [0.717, 1.165) is 23.6 Å². The molecule has 1 aliphatic rings. The molecule has 1 aromatic carbocycles. The number of nitrogens with zero attached hydrogens (tertiary/aromatic N) is 3. The zero-order valence-electron chi connectivity index (χ0n) is 17.8. The minimum atomic E-state index is -3.39. The Morgan fingerprint density at radius 3 is 2.55 bits per heavy atom. The Bertz CT molecular complexity index is 889. The number of nitrogens with one attached hydrogen (secondary N) is 1. The quantitative estimate of drug-likeness (QED) is 0.674. The summed E-state index contributed by atoms with van der Waals surface area (Å²) in [6, 6.07) is 10.1. The molecule has 1 saturated heterocycles. The molecule has 1 N–H and O–H groups in total. The van der Waals surface area contributed by atoms with Crippen LogP contribution in [0.15, 0.2) is 30.3 Å². The molecule has 0 amide bonds. The van der Waals surface area contributed by atoms with Crippen molar-refractivity contribution in [2.24, 2.45) is 0 Å². The second-order valence-electron chi connectivity index (χ2n) is 7.77. The van der Waals surface area contributed by atoms with Gasteiger partial charge < -0.3 is 4.74 Å². The number of benzene rings is 1. The molecular weight excluding hydrogens is 388 g/mol. The molecule has 2 heterocycles. The molecule has 7 nitrogen and oxygen atoms in total. The predicted octanol–water partition coefficient (Wildman–Crippen LogP) is 3.49. The maximum Gasteiger partial charge on any atom is 0.281 e. The lowest BCUT2D eigenvalue weighted by Gasteiger charge is -2.25. The SMILES string of the molecule is CCN(CC)S(=O)(=O)N1CC[C@H](c2cc(COc3ccc(C(C)C)cc3)[nH]n2)C1. The summed E-state index contributed by atoms with van der Waals surface area (Å²) in [6.07, 6.45) is 0.780. The predicted molar refractivity (Wildman–Crippen MR) is 114 cm³/mol. The van der Waals surface area contributed by atoms with Crippen LogP contribution in [0.3, 0.4) is 0 Å². The summed E-state index contributed by atoms with van der Waals surface area (Å²) in [5.74, 6) is 1.43. The molecule has 1 aliphatic heterocycles. The molecule has 1 atom stereocenters. The van der Waals surface area contributed by atoms with Crippen LogP contribution in [0.5, 0.6) is 5.75 Å². The van der Waals surface area contributed by atoms with Crippen LogP contribution in [0.1, 0.15) is 62.9 Å². The van der Waals surface area contributed by atoms with E-state index in [4.69, 9.17) is 4.74 Å². The number of hydrogen-bond donors (Lipinski definition) is 1. The van der Waals surface area contributed by atoms with Crippen molar-refractivity contribution in [1.82, 2.24) is 18.8 Å². The maximum atomic E-state index is 12.7. The van der Waals surface area contributed by atoms with Crippen molar-refractivity contribution in [3.05, 3.63) is 47.3 Å². The van der Waals surface area contributed by atoms with Gasteiger partial charge in [0.05, 0.1) is 11.4 Å². The highest BCUT2D eigenvalue weighted by Gasteiger charge is 2.35. The first kappa shape index (κ1) is 21.8. The van der Waals surface area contributed by atoms with Gasteiger partial charge in [0.2, 0.25) is 0 Å². The van der Waals surface area contributed by atoms with Crippen LogP contribution >= 0.6 is 0 Å². The molecule has 0 saturated carbocycles. The van der Waals surface area contributed by atoms with Gasteiger partial charge in [-0.3, -0.25) is 5.10 Å². The molecule has 160 valence electrons. The third kappa shape index (κ3) is 4.99. The first-order valence-corrected chi connectivity index (χ1v) is 11.8. The van der Waals surface area contributed by atoms with Crippen molar-refractivity contribution in [2.45, 2.75) is 52.6 Å². The van der Waals surface area contributed by atoms with Gasteiger partial charge in [0.15, 0.2) is 0 Å². The fraction of sp³-hybridized carbons (Fsp3) is 0.571. The number of rotatable bonds is 9. The Kier molecular flexibility index (Phi) is 6.97. The molecule has 2 aromatic rings. The van der Waals surface area contributed by atoms with E-state index >= 15 is 0 Å². The van der Waals surface area contributed by atoms with Gasteiger partial charge in [0.1, 0.15) is 12.4 Å². The lowest BCUT2D eigenvalue weighted by Crippen LogP contribution is -2.42. The van der Waals surface area contributed by atoms with Crippen molar-refractivity contribution in [1.29, 1.82) is 0 Å². The monoisotopic (exact) mass is 420 g/mol. The Balaban J connectivity index is 1.58. The fourth-order valence-electron chi connectivity index (χ4n) is 3.66. The molecule has 0 bridgehead atoms. The second kappa shape index (κ2) is 9.28. The van der Waals surface area contributed by atoms with Gasteiger partial charge in [-0.15, -0.1) is 0 Å². The summed E-state index contributed by atoms with van der Waals surface area (Å²) in [4.78, 5) is 0. The van der Waals surface area contributed by atoms with E-state index in [0.29, 0.717) is 38.7 Å². The maximum absolute atomic E-state index is 12.7. The normalized spacial score (nSPS) is 18.1. The van der Waals surface area contributed by atoms with Gasteiger partial charge in [-0.05, 0) is 36.1 Å². The fourth-order valence-corrected chi connectivity index (χ4v) is 5.35. The minimum Gasteiger partial charge on any atom is -0.487 e. The summed E-state index contributed by atoms with van der Waals surface area (Å²) in [5.41, 5.74) is 3.07. The van der Waals surface area contributed by atoms with E-state index in [1.54, 1.807) is 4.31 Å². The molecule has 0 unspecified atom stereocenters. The average molecular weight is 421 g/mol. The lowest BCUT2D eigenvalue weighted by molar-refractivity contribution is 0.301. The van der Waals surface area contributed by atoms with Crippen molar-refractivity contribution in [2.75, 3.05) is 26.2 Å². The first-order chi connectivity index (χ1) is 13.8. The van der Waals surface area contributed by atoms with Gasteiger partial charge in [0, 0.05) is 32.1 Å². The molecule has 29 heavy (non-hydrogen) atoms. The number of hydrogen-bond acceptors (Lipinski definition) is 4. The van der Waals surface area contributed by atoms with E-state index < -0.39 is 10.2 Å². The summed E-state index contributed by atoms with van der Waals surface area (Å²) < 4.78 is 34.3. The molecule has 8 heteroatoms. The van der Waals surface area contributed by atoms with Gasteiger partial charge in [-0.25, -0.2) is 0 Å². The molecule has 0 radical (unpaired) electrons. The van der Waals surface area contributed by atoms with Crippen LogP contribution in [0.2, 0.25) is 0 Å². The number of H-pyrrole nitrogens is 1. The van der Waals surface area contributed by atoms with Crippen LogP contribution in [0.25, 0.3) is 0 Å². The Morgan fingerprint density at radius 2 is 1.93 bits per heavy atom. The third-order valence-corrected chi connectivity index (χ3v) is 7.67. The third-order valence-electron chi connectivity index (χ3n) is 5.52.